The summed E-state index contributed by atoms with van der Waals surface area (Å²) in [4.78, 5) is 16.8. The fourth-order valence-corrected chi connectivity index (χ4v) is 2.54. The van der Waals surface area contributed by atoms with Gasteiger partial charge in [-0.2, -0.15) is 0 Å². The Hall–Kier alpha value is -1.94. The minimum absolute atomic E-state index is 0.0291. The Bertz CT molecular complexity index is 632. The second-order valence-corrected chi connectivity index (χ2v) is 5.23. The Morgan fingerprint density at radius 2 is 2.11 bits per heavy atom. The molecule has 1 amide bonds. The van der Waals surface area contributed by atoms with Crippen LogP contribution in [-0.2, 0) is 0 Å². The summed E-state index contributed by atoms with van der Waals surface area (Å²) in [5.74, 6) is -0.0291. The van der Waals surface area contributed by atoms with Gasteiger partial charge in [0.1, 0.15) is 0 Å². The number of nitrogens with one attached hydrogen (secondary N) is 1. The number of aryl methyl sites for hydroxylation is 1. The molecule has 1 saturated carbocycles. The first-order valence-corrected chi connectivity index (χ1v) is 6.56. The summed E-state index contributed by atoms with van der Waals surface area (Å²) in [6.45, 7) is 1.91. The largest absolute Gasteiger partial charge is 0.349 e. The predicted octanol–water partition coefficient (Wildman–Crippen LogP) is 1.76. The first kappa shape index (κ1) is 12.1. The molecule has 1 aromatic heterocycles. The number of amides is 1. The van der Waals surface area contributed by atoms with Crippen molar-refractivity contribution in [2.75, 3.05) is 0 Å². The van der Waals surface area contributed by atoms with Gasteiger partial charge < -0.3 is 11.1 Å². The van der Waals surface area contributed by atoms with E-state index in [2.05, 4.69) is 10.3 Å². The molecule has 0 spiro atoms. The zero-order valence-electron chi connectivity index (χ0n) is 10.9. The third-order valence-electron chi connectivity index (χ3n) is 3.60. The summed E-state index contributed by atoms with van der Waals surface area (Å²) < 4.78 is 0. The van der Waals surface area contributed by atoms with E-state index in [1.54, 1.807) is 0 Å². The van der Waals surface area contributed by atoms with Gasteiger partial charge in [-0.1, -0.05) is 18.2 Å². The summed E-state index contributed by atoms with van der Waals surface area (Å²) >= 11 is 0. The number of hydrogen-bond acceptors (Lipinski definition) is 3. The lowest BCUT2D eigenvalue weighted by molar-refractivity contribution is 0.0912. The number of pyridine rings is 1. The average molecular weight is 255 g/mol. The van der Waals surface area contributed by atoms with Crippen molar-refractivity contribution in [2.24, 2.45) is 5.73 Å². The highest BCUT2D eigenvalue weighted by atomic mass is 16.1. The molecule has 1 aromatic carbocycles. The number of para-hydroxylation sites is 1. The smallest absolute Gasteiger partial charge is 0.252 e. The SMILES string of the molecule is Cc1cc(C(=O)NC2CC(N)C2)c2ccccc2n1. The molecule has 1 aliphatic carbocycles. The number of fused-ring (bicyclic) bond motifs is 1. The molecule has 3 rings (SSSR count). The van der Waals surface area contributed by atoms with Crippen molar-refractivity contribution in [1.29, 1.82) is 0 Å². The van der Waals surface area contributed by atoms with Crippen molar-refractivity contribution < 1.29 is 4.79 Å². The lowest BCUT2D eigenvalue weighted by Gasteiger charge is -2.33. The van der Waals surface area contributed by atoms with Crippen molar-refractivity contribution in [1.82, 2.24) is 10.3 Å². The average Bonchev–Trinajstić information content (AvgIpc) is 2.35. The summed E-state index contributed by atoms with van der Waals surface area (Å²) in [6.07, 6.45) is 1.74. The van der Waals surface area contributed by atoms with Crippen molar-refractivity contribution >= 4 is 16.8 Å². The number of carbonyl (C=O) groups is 1. The number of benzene rings is 1. The zero-order valence-corrected chi connectivity index (χ0v) is 10.9. The van der Waals surface area contributed by atoms with Crippen molar-refractivity contribution in [3.8, 4) is 0 Å². The number of aromatic nitrogens is 1. The van der Waals surface area contributed by atoms with E-state index in [0.29, 0.717) is 5.56 Å². The summed E-state index contributed by atoms with van der Waals surface area (Å²) in [5.41, 5.74) is 8.15. The number of carbonyl (C=O) groups excluding carboxylic acids is 1. The zero-order chi connectivity index (χ0) is 13.4. The molecule has 19 heavy (non-hydrogen) atoms. The van der Waals surface area contributed by atoms with Gasteiger partial charge in [0.15, 0.2) is 0 Å². The van der Waals surface area contributed by atoms with Crippen molar-refractivity contribution in [3.63, 3.8) is 0 Å². The summed E-state index contributed by atoms with van der Waals surface area (Å²) in [6, 6.07) is 10.0. The monoisotopic (exact) mass is 255 g/mol. The molecule has 4 heteroatoms. The predicted molar refractivity (Wildman–Crippen MR) is 74.9 cm³/mol. The number of hydrogen-bond donors (Lipinski definition) is 2. The van der Waals surface area contributed by atoms with Gasteiger partial charge in [0.05, 0.1) is 11.1 Å². The molecular formula is C15H17N3O. The molecule has 3 N–H and O–H groups in total. The highest BCUT2D eigenvalue weighted by molar-refractivity contribution is 6.06. The molecule has 0 atom stereocenters. The normalized spacial score (nSPS) is 22.0. The van der Waals surface area contributed by atoms with Crippen LogP contribution in [0.1, 0.15) is 28.9 Å². The Kier molecular flexibility index (Phi) is 2.95. The molecule has 0 bridgehead atoms. The maximum absolute atomic E-state index is 12.3. The van der Waals surface area contributed by atoms with Gasteiger partial charge in [-0.05, 0) is 31.9 Å². The highest BCUT2D eigenvalue weighted by Crippen LogP contribution is 2.21. The molecule has 4 nitrogen and oxygen atoms in total. The van der Waals surface area contributed by atoms with Gasteiger partial charge in [-0.15, -0.1) is 0 Å². The van der Waals surface area contributed by atoms with Crippen LogP contribution in [-0.4, -0.2) is 23.0 Å². The molecule has 0 radical (unpaired) electrons. The standard InChI is InChI=1S/C15H17N3O/c1-9-6-13(12-4-2-3-5-14(12)17-9)15(19)18-11-7-10(16)8-11/h2-6,10-11H,7-8,16H2,1H3,(H,18,19). The van der Waals surface area contributed by atoms with Crippen LogP contribution in [0.3, 0.4) is 0 Å². The van der Waals surface area contributed by atoms with Crippen LogP contribution in [0, 0.1) is 6.92 Å². The molecule has 98 valence electrons. The van der Waals surface area contributed by atoms with E-state index >= 15 is 0 Å². The van der Waals surface area contributed by atoms with Gasteiger partial charge in [0, 0.05) is 23.2 Å². The third kappa shape index (κ3) is 2.31. The number of nitrogens with zero attached hydrogens (tertiary/aromatic N) is 1. The van der Waals surface area contributed by atoms with E-state index in [1.807, 2.05) is 37.3 Å². The maximum Gasteiger partial charge on any atom is 0.252 e. The van der Waals surface area contributed by atoms with Gasteiger partial charge in [-0.25, -0.2) is 0 Å². The minimum Gasteiger partial charge on any atom is -0.349 e. The Morgan fingerprint density at radius 1 is 1.37 bits per heavy atom. The van der Waals surface area contributed by atoms with Crippen LogP contribution in [0.15, 0.2) is 30.3 Å². The number of nitrogens with two attached hydrogens (primary N) is 1. The van der Waals surface area contributed by atoms with Crippen LogP contribution in [0.2, 0.25) is 0 Å². The second-order valence-electron chi connectivity index (χ2n) is 5.23. The van der Waals surface area contributed by atoms with Crippen LogP contribution in [0.4, 0.5) is 0 Å². The van der Waals surface area contributed by atoms with Crippen LogP contribution in [0.25, 0.3) is 10.9 Å². The van der Waals surface area contributed by atoms with E-state index < -0.39 is 0 Å². The Balaban J connectivity index is 1.92. The van der Waals surface area contributed by atoms with E-state index in [-0.39, 0.29) is 18.0 Å². The topological polar surface area (TPSA) is 68.0 Å². The van der Waals surface area contributed by atoms with Crippen molar-refractivity contribution in [2.45, 2.75) is 31.8 Å². The first-order chi connectivity index (χ1) is 9.13. The molecule has 0 saturated heterocycles. The Morgan fingerprint density at radius 3 is 2.84 bits per heavy atom. The summed E-state index contributed by atoms with van der Waals surface area (Å²) in [7, 11) is 0. The third-order valence-corrected chi connectivity index (χ3v) is 3.60. The molecule has 1 heterocycles. The first-order valence-electron chi connectivity index (χ1n) is 6.56. The molecular weight excluding hydrogens is 238 g/mol. The van der Waals surface area contributed by atoms with E-state index in [9.17, 15) is 4.79 Å². The Labute approximate surface area is 112 Å². The molecule has 0 unspecified atom stereocenters. The van der Waals surface area contributed by atoms with Crippen LogP contribution in [0.5, 0.6) is 0 Å². The van der Waals surface area contributed by atoms with E-state index in [1.165, 1.54) is 0 Å². The maximum atomic E-state index is 12.3. The van der Waals surface area contributed by atoms with Crippen LogP contribution >= 0.6 is 0 Å². The van der Waals surface area contributed by atoms with E-state index in [0.717, 1.165) is 29.4 Å². The molecule has 0 aliphatic heterocycles. The molecule has 2 aromatic rings. The van der Waals surface area contributed by atoms with Gasteiger partial charge in [-0.3, -0.25) is 9.78 Å². The lowest BCUT2D eigenvalue weighted by Crippen LogP contribution is -2.50. The van der Waals surface area contributed by atoms with Crippen molar-refractivity contribution in [3.05, 3.63) is 41.6 Å². The molecule has 1 aliphatic rings. The van der Waals surface area contributed by atoms with Gasteiger partial charge >= 0.3 is 0 Å². The fraction of sp³-hybridized carbons (Fsp3) is 0.333. The molecule has 1 fully saturated rings. The summed E-state index contributed by atoms with van der Waals surface area (Å²) in [5, 5.41) is 3.93. The van der Waals surface area contributed by atoms with E-state index in [4.69, 9.17) is 5.73 Å². The quantitative estimate of drug-likeness (QED) is 0.859. The lowest BCUT2D eigenvalue weighted by atomic mass is 9.87. The fourth-order valence-electron chi connectivity index (χ4n) is 2.54. The highest BCUT2D eigenvalue weighted by Gasteiger charge is 2.27. The van der Waals surface area contributed by atoms with Gasteiger partial charge in [0.25, 0.3) is 5.91 Å². The van der Waals surface area contributed by atoms with Crippen LogP contribution < -0.4 is 11.1 Å². The number of rotatable bonds is 2. The minimum atomic E-state index is -0.0291. The van der Waals surface area contributed by atoms with Gasteiger partial charge in [0.2, 0.25) is 0 Å². The second kappa shape index (κ2) is 4.63.